The lowest BCUT2D eigenvalue weighted by Crippen LogP contribution is -2.65. The highest BCUT2D eigenvalue weighted by Crippen LogP contribution is 2.42. The Balaban J connectivity index is 0.956. The van der Waals surface area contributed by atoms with Crippen LogP contribution >= 0.6 is 0 Å². The van der Waals surface area contributed by atoms with Crippen LogP contribution in [0.2, 0.25) is 0 Å². The molecule has 4 fully saturated rings. The largest absolute Gasteiger partial charge is 0.508 e. The van der Waals surface area contributed by atoms with Crippen molar-refractivity contribution in [2.75, 3.05) is 45.9 Å². The first kappa shape index (κ1) is 34.9. The van der Waals surface area contributed by atoms with Crippen molar-refractivity contribution in [2.45, 2.75) is 82.3 Å². The maximum absolute atomic E-state index is 12.0. The summed E-state index contributed by atoms with van der Waals surface area (Å²) in [4.78, 5) is 0. The maximum atomic E-state index is 12.0. The van der Waals surface area contributed by atoms with Gasteiger partial charge in [0.2, 0.25) is 0 Å². The number of ether oxygens (including phenoxy) is 2. The van der Waals surface area contributed by atoms with Crippen molar-refractivity contribution >= 4 is 0 Å². The van der Waals surface area contributed by atoms with E-state index in [-0.39, 0.29) is 30.4 Å². The summed E-state index contributed by atoms with van der Waals surface area (Å²) in [6.07, 6.45) is 7.12. The third kappa shape index (κ3) is 8.24. The van der Waals surface area contributed by atoms with Gasteiger partial charge >= 0.3 is 0 Å². The minimum atomic E-state index is -0.919. The summed E-state index contributed by atoms with van der Waals surface area (Å²) in [7, 11) is 0. The van der Waals surface area contributed by atoms with Crippen molar-refractivity contribution in [3.05, 3.63) is 95.1 Å². The number of fused-ring (bicyclic) bond motifs is 3. The first-order chi connectivity index (χ1) is 23.3. The van der Waals surface area contributed by atoms with Gasteiger partial charge in [0.1, 0.15) is 42.9 Å². The number of aromatic hydroxyl groups is 1. The molecule has 2 bridgehead atoms. The van der Waals surface area contributed by atoms with Crippen LogP contribution in [-0.2, 0) is 23.4 Å². The van der Waals surface area contributed by atoms with Gasteiger partial charge in [0.15, 0.2) is 0 Å². The first-order valence-electron chi connectivity index (χ1n) is 18.1. The van der Waals surface area contributed by atoms with Crippen molar-refractivity contribution in [1.29, 1.82) is 0 Å². The van der Waals surface area contributed by atoms with Gasteiger partial charge < -0.3 is 39.7 Å². The smallest absolute Gasteiger partial charge is 0.137 e. The second kappa shape index (κ2) is 15.7. The Hall–Kier alpha value is -2.98. The number of rotatable bonds is 16. The zero-order chi connectivity index (χ0) is 33.6. The fraction of sp³-hybridized carbons (Fsp3) is 0.550. The summed E-state index contributed by atoms with van der Waals surface area (Å²) in [6, 6.07) is 23.5. The molecule has 1 aliphatic carbocycles. The van der Waals surface area contributed by atoms with Crippen LogP contribution in [0.15, 0.2) is 72.8 Å². The van der Waals surface area contributed by atoms with E-state index in [2.05, 4.69) is 36.5 Å². The van der Waals surface area contributed by atoms with E-state index >= 15 is 0 Å². The van der Waals surface area contributed by atoms with Crippen molar-refractivity contribution in [1.82, 2.24) is 5.32 Å². The van der Waals surface area contributed by atoms with Crippen LogP contribution in [-0.4, -0.2) is 83.0 Å². The normalized spacial score (nSPS) is 25.1. The number of nitrogens with one attached hydrogen (secondary N) is 1. The summed E-state index contributed by atoms with van der Waals surface area (Å²) in [5.41, 5.74) is 2.34. The van der Waals surface area contributed by atoms with Crippen LogP contribution in [0.1, 0.15) is 73.8 Å². The van der Waals surface area contributed by atoms with Gasteiger partial charge in [-0.3, -0.25) is 0 Å². The molecule has 4 aliphatic rings. The number of aliphatic hydroxyl groups excluding tert-OH is 2. The summed E-state index contributed by atoms with van der Waals surface area (Å²) in [5, 5.41) is 45.2. The third-order valence-corrected chi connectivity index (χ3v) is 11.5. The molecule has 8 heteroatoms. The second-order valence-corrected chi connectivity index (χ2v) is 14.7. The molecule has 3 saturated heterocycles. The fourth-order valence-corrected chi connectivity index (χ4v) is 8.40. The Morgan fingerprint density at radius 1 is 0.958 bits per heavy atom. The highest BCUT2D eigenvalue weighted by atomic mass is 16.5. The van der Waals surface area contributed by atoms with E-state index in [1.165, 1.54) is 50.4 Å². The minimum Gasteiger partial charge on any atom is -0.508 e. The summed E-state index contributed by atoms with van der Waals surface area (Å²) in [6.45, 7) is 7.55. The van der Waals surface area contributed by atoms with Crippen LogP contribution in [0.4, 0.5) is 0 Å². The maximum Gasteiger partial charge on any atom is 0.137 e. The number of phenols is 1. The number of piperidine rings is 3. The number of benzene rings is 3. The number of nitrogens with zero attached hydrogens (tertiary/aromatic N) is 1. The lowest BCUT2D eigenvalue weighted by molar-refractivity contribution is -0.946. The van der Waals surface area contributed by atoms with Gasteiger partial charge in [-0.1, -0.05) is 61.4 Å². The molecule has 0 aromatic heterocycles. The average molecular weight is 660 g/mol. The molecule has 1 unspecified atom stereocenters. The quantitative estimate of drug-likeness (QED) is 0.134. The predicted molar refractivity (Wildman–Crippen MR) is 187 cm³/mol. The molecule has 48 heavy (non-hydrogen) atoms. The van der Waals surface area contributed by atoms with Gasteiger partial charge in [-0.2, -0.15) is 0 Å². The monoisotopic (exact) mass is 659 g/mol. The molecule has 0 spiro atoms. The summed E-state index contributed by atoms with van der Waals surface area (Å²) >= 11 is 0. The number of hydrogen-bond acceptors (Lipinski definition) is 7. The van der Waals surface area contributed by atoms with Crippen LogP contribution in [0.3, 0.4) is 0 Å². The lowest BCUT2D eigenvalue weighted by Gasteiger charge is -2.52. The van der Waals surface area contributed by atoms with Gasteiger partial charge in [-0.25, -0.2) is 0 Å². The van der Waals surface area contributed by atoms with E-state index < -0.39 is 11.7 Å². The molecule has 3 aliphatic heterocycles. The molecule has 7 rings (SSSR count). The van der Waals surface area contributed by atoms with Gasteiger partial charge in [-0.15, -0.1) is 0 Å². The van der Waals surface area contributed by atoms with Gasteiger partial charge in [0.05, 0.1) is 32.4 Å². The number of hydrogen-bond donors (Lipinski definition) is 5. The van der Waals surface area contributed by atoms with E-state index in [1.54, 1.807) is 12.1 Å². The topological polar surface area (TPSA) is 111 Å². The second-order valence-electron chi connectivity index (χ2n) is 14.7. The Morgan fingerprint density at radius 2 is 1.69 bits per heavy atom. The highest BCUT2D eigenvalue weighted by molar-refractivity contribution is 5.36. The molecule has 3 aromatic rings. The molecule has 4 atom stereocenters. The van der Waals surface area contributed by atoms with Crippen LogP contribution < -0.4 is 10.1 Å². The fourth-order valence-electron chi connectivity index (χ4n) is 8.40. The molecular formula is C40H55N2O6+. The minimum absolute atomic E-state index is 0.0315. The lowest BCUT2D eigenvalue weighted by atomic mass is 9.80. The van der Waals surface area contributed by atoms with Crippen LogP contribution in [0, 0.1) is 11.8 Å². The number of aliphatic hydroxyl groups is 3. The summed E-state index contributed by atoms with van der Waals surface area (Å²) < 4.78 is 14.0. The molecule has 1 saturated carbocycles. The van der Waals surface area contributed by atoms with E-state index in [4.69, 9.17) is 9.47 Å². The predicted octanol–water partition coefficient (Wildman–Crippen LogP) is 5.22. The highest BCUT2D eigenvalue weighted by Gasteiger charge is 2.48. The Labute approximate surface area is 285 Å². The number of quaternary nitrogens is 1. The molecular weight excluding hydrogens is 604 g/mol. The molecule has 8 nitrogen and oxygen atoms in total. The Bertz CT molecular complexity index is 1440. The third-order valence-electron chi connectivity index (χ3n) is 11.5. The van der Waals surface area contributed by atoms with Gasteiger partial charge in [0.25, 0.3) is 0 Å². The first-order valence-corrected chi connectivity index (χ1v) is 18.1. The van der Waals surface area contributed by atoms with Crippen LogP contribution in [0.25, 0.3) is 0 Å². The van der Waals surface area contributed by atoms with Crippen molar-refractivity contribution in [3.8, 4) is 11.5 Å². The van der Waals surface area contributed by atoms with E-state index in [0.29, 0.717) is 36.8 Å². The van der Waals surface area contributed by atoms with Gasteiger partial charge in [-0.05, 0) is 73.1 Å². The molecule has 260 valence electrons. The molecule has 3 aromatic carbocycles. The zero-order valence-electron chi connectivity index (χ0n) is 28.5. The van der Waals surface area contributed by atoms with Gasteiger partial charge in [0, 0.05) is 36.9 Å². The standard InChI is InChI=1S/C40H54N2O6/c1-29(41-25-38(45)32-13-16-37(44)33(24-32)27-43)23-30-11-14-36(15-12-30)47-22-21-42-19-17-31(18-20-42)39(26-42)48-28-40(46,35-9-5-6-10-35)34-7-3-2-4-8-34/h2-4,7-8,11-16,24,29,31,35,38-39,41,43,45-46H,5-6,9-10,17-23,25-28H2,1H3/p+1/t29?,31?,38-,39-,40+,42?/m0/s1. The Morgan fingerprint density at radius 3 is 2.40 bits per heavy atom. The van der Waals surface area contributed by atoms with E-state index in [0.717, 1.165) is 48.1 Å². The average Bonchev–Trinajstić information content (AvgIpc) is 3.68. The Kier molecular flexibility index (Phi) is 11.4. The summed E-state index contributed by atoms with van der Waals surface area (Å²) in [5.74, 6) is 1.75. The van der Waals surface area contributed by atoms with Crippen LogP contribution in [0.5, 0.6) is 11.5 Å². The van der Waals surface area contributed by atoms with E-state index in [9.17, 15) is 20.4 Å². The molecule has 5 N–H and O–H groups in total. The van der Waals surface area contributed by atoms with Crippen molar-refractivity contribution in [3.63, 3.8) is 0 Å². The molecule has 0 amide bonds. The van der Waals surface area contributed by atoms with Crippen molar-refractivity contribution in [2.24, 2.45) is 11.8 Å². The molecule has 0 radical (unpaired) electrons. The zero-order valence-corrected chi connectivity index (χ0v) is 28.5. The van der Waals surface area contributed by atoms with Crippen molar-refractivity contribution < 1.29 is 34.4 Å². The SMILES string of the molecule is CC(Cc1ccc(OCC[N+]23CCC(CC2)[C@@H](OC[C@@](O)(c2ccccc2)C2CCCC2)C3)cc1)NC[C@H](O)c1ccc(O)c(CO)c1. The molecule has 3 heterocycles. The van der Waals surface area contributed by atoms with E-state index in [1.807, 2.05) is 30.3 Å².